The molecule has 0 amide bonds. The zero-order chi connectivity index (χ0) is 19.6. The van der Waals surface area contributed by atoms with Crippen molar-refractivity contribution in [1.82, 2.24) is 14.8 Å². The molecule has 0 saturated carbocycles. The third kappa shape index (κ3) is 4.82. The topological polar surface area (TPSA) is 52.3 Å². The number of rotatable bonds is 4. The van der Waals surface area contributed by atoms with Crippen molar-refractivity contribution in [3.05, 3.63) is 55.2 Å². The Hall–Kier alpha value is -1.61. The average molecular weight is 439 g/mol. The Morgan fingerprint density at radius 3 is 2.78 bits per heavy atom. The molecule has 9 heteroatoms. The summed E-state index contributed by atoms with van der Waals surface area (Å²) >= 11 is 14.8. The van der Waals surface area contributed by atoms with Crippen LogP contribution in [0.2, 0.25) is 5.02 Å². The van der Waals surface area contributed by atoms with Crippen LogP contribution in [0.15, 0.2) is 34.1 Å². The molecular formula is C18H19ClN4OS3. The standard InChI is InChI=1S/C18H19ClN4OS3/c1-18(2,3)16-22-23(8-12-9-26-10-20-12)17(27-16)21-15(25)13-7-11(19)5-6-14(13)24-4/h5-7,9-10H,8H2,1-4H3. The van der Waals surface area contributed by atoms with Crippen LogP contribution in [0.4, 0.5) is 0 Å². The summed E-state index contributed by atoms with van der Waals surface area (Å²) in [5, 5.41) is 8.32. The zero-order valence-corrected chi connectivity index (χ0v) is 18.6. The molecule has 27 heavy (non-hydrogen) atoms. The number of thiocarbonyl (C=S) groups is 1. The van der Waals surface area contributed by atoms with Gasteiger partial charge < -0.3 is 4.74 Å². The van der Waals surface area contributed by atoms with Gasteiger partial charge in [-0.05, 0) is 18.2 Å². The van der Waals surface area contributed by atoms with Crippen LogP contribution in [-0.4, -0.2) is 26.9 Å². The van der Waals surface area contributed by atoms with E-state index in [9.17, 15) is 0 Å². The predicted molar refractivity (Wildman–Crippen MR) is 115 cm³/mol. The summed E-state index contributed by atoms with van der Waals surface area (Å²) < 4.78 is 7.25. The lowest BCUT2D eigenvalue weighted by Crippen LogP contribution is -2.19. The van der Waals surface area contributed by atoms with E-state index in [1.165, 1.54) is 11.3 Å². The molecule has 1 aromatic carbocycles. The lowest BCUT2D eigenvalue weighted by atomic mass is 9.98. The highest BCUT2D eigenvalue weighted by Crippen LogP contribution is 2.25. The molecule has 0 fully saturated rings. The van der Waals surface area contributed by atoms with Crippen LogP contribution in [0, 0.1) is 0 Å². The first kappa shape index (κ1) is 20.1. The molecular weight excluding hydrogens is 420 g/mol. The number of methoxy groups -OCH3 is 1. The molecule has 0 atom stereocenters. The molecule has 0 aliphatic heterocycles. The lowest BCUT2D eigenvalue weighted by molar-refractivity contribution is 0.414. The van der Waals surface area contributed by atoms with Crippen molar-refractivity contribution in [2.45, 2.75) is 32.7 Å². The van der Waals surface area contributed by atoms with E-state index >= 15 is 0 Å². The second-order valence-electron chi connectivity index (χ2n) is 6.84. The predicted octanol–water partition coefficient (Wildman–Crippen LogP) is 4.69. The third-order valence-electron chi connectivity index (χ3n) is 3.65. The Labute approximate surface area is 176 Å². The summed E-state index contributed by atoms with van der Waals surface area (Å²) in [7, 11) is 1.60. The van der Waals surface area contributed by atoms with Crippen LogP contribution in [0.5, 0.6) is 5.75 Å². The first-order valence-corrected chi connectivity index (χ1v) is 10.7. The quantitative estimate of drug-likeness (QED) is 0.554. The number of hydrogen-bond acceptors (Lipinski definition) is 6. The normalized spacial score (nSPS) is 12.4. The van der Waals surface area contributed by atoms with Gasteiger partial charge in [-0.25, -0.2) is 14.7 Å². The maximum atomic E-state index is 6.13. The molecule has 3 aromatic rings. The van der Waals surface area contributed by atoms with Gasteiger partial charge >= 0.3 is 0 Å². The van der Waals surface area contributed by atoms with E-state index in [1.54, 1.807) is 36.6 Å². The van der Waals surface area contributed by atoms with E-state index < -0.39 is 0 Å². The summed E-state index contributed by atoms with van der Waals surface area (Å²) in [6, 6.07) is 5.32. The van der Waals surface area contributed by atoms with Crippen molar-refractivity contribution < 1.29 is 4.74 Å². The van der Waals surface area contributed by atoms with Gasteiger partial charge in [0.25, 0.3) is 0 Å². The number of nitrogens with zero attached hydrogens (tertiary/aromatic N) is 4. The maximum Gasteiger partial charge on any atom is 0.209 e. The molecule has 0 bridgehead atoms. The number of ether oxygens (including phenoxy) is 1. The SMILES string of the molecule is COc1ccc(Cl)cc1C(=S)N=c1sc(C(C)(C)C)nn1Cc1cscn1. The smallest absolute Gasteiger partial charge is 0.209 e. The van der Waals surface area contributed by atoms with Crippen molar-refractivity contribution in [3.63, 3.8) is 0 Å². The van der Waals surface area contributed by atoms with E-state index in [4.69, 9.17) is 33.7 Å². The van der Waals surface area contributed by atoms with Crippen LogP contribution in [0.3, 0.4) is 0 Å². The van der Waals surface area contributed by atoms with Gasteiger partial charge in [0, 0.05) is 15.8 Å². The van der Waals surface area contributed by atoms with Crippen LogP contribution in [0.1, 0.15) is 37.0 Å². The average Bonchev–Trinajstić information content (AvgIpc) is 3.25. The Morgan fingerprint density at radius 2 is 2.15 bits per heavy atom. The Kier molecular flexibility index (Phi) is 6.10. The highest BCUT2D eigenvalue weighted by molar-refractivity contribution is 7.80. The van der Waals surface area contributed by atoms with Crippen molar-refractivity contribution in [1.29, 1.82) is 0 Å². The first-order valence-electron chi connectivity index (χ1n) is 8.16. The number of aromatic nitrogens is 3. The number of halogens is 1. The summed E-state index contributed by atoms with van der Waals surface area (Å²) in [6.45, 7) is 6.92. The molecule has 0 saturated heterocycles. The molecule has 0 aliphatic carbocycles. The molecule has 0 spiro atoms. The molecule has 2 aromatic heterocycles. The van der Waals surface area contributed by atoms with Gasteiger partial charge in [0.1, 0.15) is 15.7 Å². The molecule has 2 heterocycles. The Morgan fingerprint density at radius 1 is 1.37 bits per heavy atom. The second kappa shape index (κ2) is 8.18. The fourth-order valence-electron chi connectivity index (χ4n) is 2.26. The minimum absolute atomic E-state index is 0.0857. The van der Waals surface area contributed by atoms with Crippen LogP contribution in [-0.2, 0) is 12.0 Å². The zero-order valence-electron chi connectivity index (χ0n) is 15.4. The minimum atomic E-state index is -0.0857. The van der Waals surface area contributed by atoms with Gasteiger partial charge in [0.05, 0.1) is 30.4 Å². The van der Waals surface area contributed by atoms with E-state index in [-0.39, 0.29) is 5.41 Å². The fraction of sp³-hybridized carbons (Fsp3) is 0.333. The van der Waals surface area contributed by atoms with Crippen molar-refractivity contribution >= 4 is 51.5 Å². The first-order chi connectivity index (χ1) is 12.8. The fourth-order valence-corrected chi connectivity index (χ4v) is 4.25. The van der Waals surface area contributed by atoms with Crippen molar-refractivity contribution in [2.24, 2.45) is 4.99 Å². The number of thiazole rings is 1. The molecule has 0 N–H and O–H groups in total. The molecule has 3 rings (SSSR count). The van der Waals surface area contributed by atoms with E-state index in [2.05, 4.69) is 30.7 Å². The van der Waals surface area contributed by atoms with Crippen LogP contribution in [0.25, 0.3) is 0 Å². The summed E-state index contributed by atoms with van der Waals surface area (Å²) in [5.41, 5.74) is 3.35. The van der Waals surface area contributed by atoms with Gasteiger partial charge in [-0.3, -0.25) is 0 Å². The molecule has 142 valence electrons. The van der Waals surface area contributed by atoms with Crippen LogP contribution < -0.4 is 9.54 Å². The Bertz CT molecular complexity index is 1020. The second-order valence-corrected chi connectivity index (χ2v) is 9.34. The number of hydrogen-bond donors (Lipinski definition) is 0. The summed E-state index contributed by atoms with van der Waals surface area (Å²) in [5.74, 6) is 0.639. The van der Waals surface area contributed by atoms with E-state index in [0.717, 1.165) is 15.5 Å². The lowest BCUT2D eigenvalue weighted by Gasteiger charge is -2.12. The third-order valence-corrected chi connectivity index (χ3v) is 6.20. The molecule has 0 radical (unpaired) electrons. The van der Waals surface area contributed by atoms with Gasteiger partial charge in [0.2, 0.25) is 4.80 Å². The largest absolute Gasteiger partial charge is 0.496 e. The van der Waals surface area contributed by atoms with Crippen molar-refractivity contribution in [3.8, 4) is 5.75 Å². The van der Waals surface area contributed by atoms with Crippen LogP contribution >= 0.6 is 46.5 Å². The highest BCUT2D eigenvalue weighted by atomic mass is 35.5. The Balaban J connectivity index is 2.07. The van der Waals surface area contributed by atoms with Crippen molar-refractivity contribution in [2.75, 3.05) is 7.11 Å². The van der Waals surface area contributed by atoms with Gasteiger partial charge in [-0.15, -0.1) is 11.3 Å². The summed E-state index contributed by atoms with van der Waals surface area (Å²) in [4.78, 5) is 10.2. The van der Waals surface area contributed by atoms with Gasteiger partial charge in [-0.1, -0.05) is 55.9 Å². The molecule has 5 nitrogen and oxygen atoms in total. The highest BCUT2D eigenvalue weighted by Gasteiger charge is 2.20. The molecule has 0 aliphatic rings. The summed E-state index contributed by atoms with van der Waals surface area (Å²) in [6.07, 6.45) is 0. The minimum Gasteiger partial charge on any atom is -0.496 e. The maximum absolute atomic E-state index is 6.13. The monoisotopic (exact) mass is 438 g/mol. The van der Waals surface area contributed by atoms with Gasteiger partial charge in [-0.2, -0.15) is 5.10 Å². The number of benzene rings is 1. The van der Waals surface area contributed by atoms with E-state index in [1.807, 2.05) is 15.6 Å². The van der Waals surface area contributed by atoms with Gasteiger partial charge in [0.15, 0.2) is 0 Å². The van der Waals surface area contributed by atoms with E-state index in [0.29, 0.717) is 27.9 Å². The molecule has 0 unspecified atom stereocenters.